The first-order chi connectivity index (χ1) is 11.4. The fraction of sp³-hybridized carbons (Fsp3) is 0.647. The summed E-state index contributed by atoms with van der Waals surface area (Å²) in [4.78, 5) is 2.41. The average Bonchev–Trinajstić information content (AvgIpc) is 2.53. The minimum absolute atomic E-state index is 0.390. The van der Waals surface area contributed by atoms with Crippen LogP contribution in [0.2, 0.25) is 0 Å². The van der Waals surface area contributed by atoms with Crippen molar-refractivity contribution in [2.75, 3.05) is 24.4 Å². The van der Waals surface area contributed by atoms with Crippen molar-refractivity contribution in [3.8, 4) is 0 Å². The minimum Gasteiger partial charge on any atom is -0.388 e. The van der Waals surface area contributed by atoms with Gasteiger partial charge in [0.1, 0.15) is 0 Å². The van der Waals surface area contributed by atoms with E-state index in [1.54, 1.807) is 24.3 Å². The third-order valence-electron chi connectivity index (χ3n) is 3.93. The molecule has 0 radical (unpaired) electrons. The van der Waals surface area contributed by atoms with Gasteiger partial charge in [0.15, 0.2) is 0 Å². The number of nitrogens with zero attached hydrogens (tertiary/aromatic N) is 1. The van der Waals surface area contributed by atoms with Crippen LogP contribution in [0.15, 0.2) is 24.3 Å². The Morgan fingerprint density at radius 3 is 2.08 bits per heavy atom. The SMILES string of the molecule is CCCCN(CCCC)CCC(O)c1ccc(NS(N)(=O)=O)cc1. The molecule has 6 nitrogen and oxygen atoms in total. The standard InChI is InChI=1S/C17H31N3O3S/c1-3-5-12-20(13-6-4-2)14-11-17(21)15-7-9-16(10-8-15)19-24(18,22)23/h7-10,17,19,21H,3-6,11-14H2,1-2H3,(H2,18,22,23). The maximum Gasteiger partial charge on any atom is 0.296 e. The van der Waals surface area contributed by atoms with E-state index in [0.29, 0.717) is 12.1 Å². The monoisotopic (exact) mass is 357 g/mol. The van der Waals surface area contributed by atoms with Crippen molar-refractivity contribution in [1.29, 1.82) is 0 Å². The number of unbranched alkanes of at least 4 members (excludes halogenated alkanes) is 2. The van der Waals surface area contributed by atoms with Crippen molar-refractivity contribution in [2.24, 2.45) is 5.14 Å². The van der Waals surface area contributed by atoms with Gasteiger partial charge in [-0.25, -0.2) is 5.14 Å². The molecule has 1 aromatic rings. The molecule has 1 atom stereocenters. The van der Waals surface area contributed by atoms with Gasteiger partial charge in [-0.2, -0.15) is 8.42 Å². The van der Waals surface area contributed by atoms with Crippen LogP contribution in [0, 0.1) is 0 Å². The average molecular weight is 358 g/mol. The van der Waals surface area contributed by atoms with Crippen LogP contribution < -0.4 is 9.86 Å². The lowest BCUT2D eigenvalue weighted by atomic mass is 10.1. The molecule has 0 saturated carbocycles. The zero-order valence-electron chi connectivity index (χ0n) is 14.7. The summed E-state index contributed by atoms with van der Waals surface area (Å²) in [6, 6.07) is 6.66. The van der Waals surface area contributed by atoms with Gasteiger partial charge in [-0.05, 0) is 50.0 Å². The summed E-state index contributed by atoms with van der Waals surface area (Å²) in [7, 11) is -3.77. The predicted molar refractivity (Wildman–Crippen MR) is 99.0 cm³/mol. The van der Waals surface area contributed by atoms with E-state index in [9.17, 15) is 13.5 Å². The lowest BCUT2D eigenvalue weighted by molar-refractivity contribution is 0.140. The maximum absolute atomic E-state index is 11.0. The molecule has 4 N–H and O–H groups in total. The van der Waals surface area contributed by atoms with Crippen LogP contribution in [0.5, 0.6) is 0 Å². The molecule has 0 aromatic heterocycles. The summed E-state index contributed by atoms with van der Waals surface area (Å²) < 4.78 is 24.2. The molecule has 0 aliphatic carbocycles. The van der Waals surface area contributed by atoms with E-state index in [2.05, 4.69) is 23.5 Å². The Kier molecular flexibility index (Phi) is 9.28. The van der Waals surface area contributed by atoms with Crippen molar-refractivity contribution >= 4 is 15.9 Å². The van der Waals surface area contributed by atoms with E-state index in [-0.39, 0.29) is 0 Å². The number of rotatable bonds is 12. The molecule has 0 heterocycles. The number of nitrogens with one attached hydrogen (secondary N) is 1. The lowest BCUT2D eigenvalue weighted by Crippen LogP contribution is -2.28. The van der Waals surface area contributed by atoms with Gasteiger partial charge in [-0.3, -0.25) is 4.72 Å². The maximum atomic E-state index is 11.0. The lowest BCUT2D eigenvalue weighted by Gasteiger charge is -2.23. The van der Waals surface area contributed by atoms with E-state index in [0.717, 1.165) is 25.2 Å². The Morgan fingerprint density at radius 2 is 1.62 bits per heavy atom. The molecule has 24 heavy (non-hydrogen) atoms. The van der Waals surface area contributed by atoms with Crippen molar-refractivity contribution in [2.45, 2.75) is 52.1 Å². The third-order valence-corrected chi connectivity index (χ3v) is 4.45. The largest absolute Gasteiger partial charge is 0.388 e. The molecule has 0 aliphatic rings. The molecule has 0 amide bonds. The fourth-order valence-corrected chi connectivity index (χ4v) is 2.97. The molecule has 0 saturated heterocycles. The molecule has 0 aliphatic heterocycles. The van der Waals surface area contributed by atoms with Gasteiger partial charge in [0.2, 0.25) is 0 Å². The van der Waals surface area contributed by atoms with E-state index < -0.39 is 16.3 Å². The number of hydrogen-bond acceptors (Lipinski definition) is 4. The molecule has 0 fully saturated rings. The first-order valence-electron chi connectivity index (χ1n) is 8.66. The topological polar surface area (TPSA) is 95.7 Å². The van der Waals surface area contributed by atoms with Gasteiger partial charge in [-0.1, -0.05) is 38.8 Å². The molecular formula is C17H31N3O3S. The molecule has 1 unspecified atom stereocenters. The summed E-state index contributed by atoms with van der Waals surface area (Å²) in [6.45, 7) is 7.37. The predicted octanol–water partition coefficient (Wildman–Crippen LogP) is 2.63. The van der Waals surface area contributed by atoms with Gasteiger partial charge in [0.05, 0.1) is 6.10 Å². The molecular weight excluding hydrogens is 326 g/mol. The number of aliphatic hydroxyl groups is 1. The quantitative estimate of drug-likeness (QED) is 0.536. The highest BCUT2D eigenvalue weighted by molar-refractivity contribution is 7.90. The van der Waals surface area contributed by atoms with E-state index >= 15 is 0 Å². The third kappa shape index (κ3) is 8.63. The second kappa shape index (κ2) is 10.7. The number of hydrogen-bond donors (Lipinski definition) is 3. The first kappa shape index (κ1) is 20.9. The summed E-state index contributed by atoms with van der Waals surface area (Å²) in [5, 5.41) is 15.3. The second-order valence-corrected chi connectivity index (χ2v) is 7.42. The van der Waals surface area contributed by atoms with Gasteiger partial charge in [0.25, 0.3) is 10.2 Å². The Balaban J connectivity index is 2.54. The Hall–Kier alpha value is -1.15. The van der Waals surface area contributed by atoms with E-state index in [1.165, 1.54) is 25.7 Å². The molecule has 7 heteroatoms. The number of aliphatic hydroxyl groups excluding tert-OH is 1. The number of nitrogens with two attached hydrogens (primary N) is 1. The van der Waals surface area contributed by atoms with Gasteiger partial charge < -0.3 is 10.0 Å². The van der Waals surface area contributed by atoms with Crippen LogP contribution in [-0.4, -0.2) is 38.1 Å². The Morgan fingerprint density at radius 1 is 1.08 bits per heavy atom. The van der Waals surface area contributed by atoms with Gasteiger partial charge in [0, 0.05) is 12.2 Å². The highest BCUT2D eigenvalue weighted by atomic mass is 32.2. The first-order valence-corrected chi connectivity index (χ1v) is 10.2. The fourth-order valence-electron chi connectivity index (χ4n) is 2.51. The number of anilines is 1. The van der Waals surface area contributed by atoms with Crippen molar-refractivity contribution in [3.05, 3.63) is 29.8 Å². The summed E-state index contributed by atoms with van der Waals surface area (Å²) in [6.07, 6.45) is 4.80. The zero-order chi connectivity index (χ0) is 18.0. The van der Waals surface area contributed by atoms with Crippen LogP contribution in [0.25, 0.3) is 0 Å². The Labute approximate surface area is 146 Å². The van der Waals surface area contributed by atoms with E-state index in [1.807, 2.05) is 0 Å². The van der Waals surface area contributed by atoms with Crippen LogP contribution >= 0.6 is 0 Å². The molecule has 1 aromatic carbocycles. The minimum atomic E-state index is -3.77. The normalized spacial score (nSPS) is 13.2. The second-order valence-electron chi connectivity index (χ2n) is 6.12. The van der Waals surface area contributed by atoms with Crippen LogP contribution in [0.3, 0.4) is 0 Å². The smallest absolute Gasteiger partial charge is 0.296 e. The summed E-state index contributed by atoms with van der Waals surface area (Å²) in [5.74, 6) is 0. The van der Waals surface area contributed by atoms with Crippen molar-refractivity contribution in [1.82, 2.24) is 4.90 Å². The zero-order valence-corrected chi connectivity index (χ0v) is 15.6. The molecule has 138 valence electrons. The summed E-state index contributed by atoms with van der Waals surface area (Å²) >= 11 is 0. The number of benzene rings is 1. The van der Waals surface area contributed by atoms with Crippen LogP contribution in [0.1, 0.15) is 57.6 Å². The summed E-state index contributed by atoms with van der Waals surface area (Å²) in [5.41, 5.74) is 1.17. The highest BCUT2D eigenvalue weighted by Crippen LogP contribution is 2.20. The molecule has 1 rings (SSSR count). The van der Waals surface area contributed by atoms with Crippen LogP contribution in [0.4, 0.5) is 5.69 Å². The van der Waals surface area contributed by atoms with Crippen molar-refractivity contribution in [3.63, 3.8) is 0 Å². The van der Waals surface area contributed by atoms with Gasteiger partial charge in [-0.15, -0.1) is 0 Å². The highest BCUT2D eigenvalue weighted by Gasteiger charge is 2.11. The Bertz CT molecular complexity index is 553. The molecule has 0 bridgehead atoms. The van der Waals surface area contributed by atoms with Crippen molar-refractivity contribution < 1.29 is 13.5 Å². The van der Waals surface area contributed by atoms with Gasteiger partial charge >= 0.3 is 0 Å². The van der Waals surface area contributed by atoms with E-state index in [4.69, 9.17) is 5.14 Å². The molecule has 0 spiro atoms. The van der Waals surface area contributed by atoms with Crippen LogP contribution in [-0.2, 0) is 10.2 Å².